The zero-order valence-electron chi connectivity index (χ0n) is 10.8. The second-order valence-corrected chi connectivity index (χ2v) is 5.17. The first-order valence-electron chi connectivity index (χ1n) is 6.51. The molecular formula is C13H22N4. The molecule has 0 aliphatic carbocycles. The number of nitrogens with zero attached hydrogens (tertiary/aromatic N) is 3. The normalized spacial score (nSPS) is 20.9. The molecule has 1 N–H and O–H groups in total. The van der Waals surface area contributed by atoms with Crippen molar-refractivity contribution in [3.63, 3.8) is 0 Å². The Labute approximate surface area is 103 Å². The Hall–Kier alpha value is -1.16. The van der Waals surface area contributed by atoms with Crippen molar-refractivity contribution in [3.8, 4) is 0 Å². The molecule has 2 rings (SSSR count). The van der Waals surface area contributed by atoms with E-state index in [1.54, 1.807) is 6.20 Å². The predicted octanol–water partition coefficient (Wildman–Crippen LogP) is 1.69. The summed E-state index contributed by atoms with van der Waals surface area (Å²) in [6.45, 7) is 7.73. The van der Waals surface area contributed by atoms with Crippen LogP contribution in [-0.2, 0) is 0 Å². The van der Waals surface area contributed by atoms with Gasteiger partial charge in [-0.1, -0.05) is 13.8 Å². The van der Waals surface area contributed by atoms with Gasteiger partial charge >= 0.3 is 0 Å². The molecule has 1 aliphatic rings. The van der Waals surface area contributed by atoms with Crippen LogP contribution in [-0.4, -0.2) is 35.9 Å². The van der Waals surface area contributed by atoms with E-state index in [4.69, 9.17) is 0 Å². The van der Waals surface area contributed by atoms with E-state index >= 15 is 0 Å². The minimum absolute atomic E-state index is 0.591. The molecule has 0 saturated carbocycles. The van der Waals surface area contributed by atoms with Gasteiger partial charge in [-0.15, -0.1) is 5.10 Å². The van der Waals surface area contributed by atoms with Crippen LogP contribution in [0.25, 0.3) is 0 Å². The molecule has 1 aromatic heterocycles. The van der Waals surface area contributed by atoms with Crippen molar-refractivity contribution < 1.29 is 0 Å². The Morgan fingerprint density at radius 3 is 3.12 bits per heavy atom. The van der Waals surface area contributed by atoms with E-state index < -0.39 is 0 Å². The van der Waals surface area contributed by atoms with E-state index in [2.05, 4.69) is 34.3 Å². The summed E-state index contributed by atoms with van der Waals surface area (Å²) in [5.41, 5.74) is 0. The quantitative estimate of drug-likeness (QED) is 0.861. The molecule has 17 heavy (non-hydrogen) atoms. The molecule has 0 bridgehead atoms. The van der Waals surface area contributed by atoms with E-state index in [0.29, 0.717) is 12.0 Å². The second kappa shape index (κ2) is 5.96. The van der Waals surface area contributed by atoms with Gasteiger partial charge in [0.15, 0.2) is 5.82 Å². The van der Waals surface area contributed by atoms with Crippen molar-refractivity contribution in [1.82, 2.24) is 15.5 Å². The van der Waals surface area contributed by atoms with Crippen molar-refractivity contribution in [2.24, 2.45) is 5.92 Å². The lowest BCUT2D eigenvalue weighted by atomic mass is 10.0. The van der Waals surface area contributed by atoms with Gasteiger partial charge < -0.3 is 10.2 Å². The summed E-state index contributed by atoms with van der Waals surface area (Å²) in [4.78, 5) is 2.33. The minimum atomic E-state index is 0.591. The lowest BCUT2D eigenvalue weighted by Gasteiger charge is -2.34. The Morgan fingerprint density at radius 1 is 1.53 bits per heavy atom. The standard InChI is InChI=1S/C13H22N4/c1-11(2)9-14-12-5-4-8-17(10-12)13-6-3-7-15-16-13/h3,6-7,11-12,14H,4-5,8-10H2,1-2H3. The maximum Gasteiger partial charge on any atom is 0.151 e. The molecule has 2 heterocycles. The molecule has 0 amide bonds. The number of anilines is 1. The molecule has 1 saturated heterocycles. The van der Waals surface area contributed by atoms with E-state index in [9.17, 15) is 0 Å². The van der Waals surface area contributed by atoms with Gasteiger partial charge in [0.1, 0.15) is 0 Å². The van der Waals surface area contributed by atoms with E-state index in [1.165, 1.54) is 12.8 Å². The van der Waals surface area contributed by atoms with Crippen LogP contribution in [0.3, 0.4) is 0 Å². The first-order valence-corrected chi connectivity index (χ1v) is 6.51. The van der Waals surface area contributed by atoms with Crippen LogP contribution < -0.4 is 10.2 Å². The van der Waals surface area contributed by atoms with Gasteiger partial charge in [0.25, 0.3) is 0 Å². The summed E-state index contributed by atoms with van der Waals surface area (Å²) in [5.74, 6) is 1.71. The number of nitrogens with one attached hydrogen (secondary N) is 1. The van der Waals surface area contributed by atoms with Crippen molar-refractivity contribution in [3.05, 3.63) is 18.3 Å². The molecule has 4 heteroatoms. The summed E-state index contributed by atoms with van der Waals surface area (Å²) in [6, 6.07) is 4.58. The van der Waals surface area contributed by atoms with Crippen LogP contribution in [0.4, 0.5) is 5.82 Å². The predicted molar refractivity (Wildman–Crippen MR) is 70.1 cm³/mol. The second-order valence-electron chi connectivity index (χ2n) is 5.17. The summed E-state index contributed by atoms with van der Waals surface area (Å²) in [6.07, 6.45) is 4.22. The molecule has 0 radical (unpaired) electrons. The van der Waals surface area contributed by atoms with Gasteiger partial charge in [0.2, 0.25) is 0 Å². The average Bonchev–Trinajstić information content (AvgIpc) is 2.38. The number of aromatic nitrogens is 2. The third-order valence-electron chi connectivity index (χ3n) is 3.12. The number of hydrogen-bond acceptors (Lipinski definition) is 4. The van der Waals surface area contributed by atoms with Crippen LogP contribution in [0.1, 0.15) is 26.7 Å². The van der Waals surface area contributed by atoms with E-state index in [-0.39, 0.29) is 0 Å². The van der Waals surface area contributed by atoms with Gasteiger partial charge in [-0.2, -0.15) is 5.10 Å². The van der Waals surface area contributed by atoms with Crippen LogP contribution >= 0.6 is 0 Å². The topological polar surface area (TPSA) is 41.0 Å². The highest BCUT2D eigenvalue weighted by molar-refractivity contribution is 5.37. The molecule has 1 atom stereocenters. The zero-order valence-corrected chi connectivity index (χ0v) is 10.8. The first kappa shape index (κ1) is 12.3. The Kier molecular flexibility index (Phi) is 4.31. The largest absolute Gasteiger partial charge is 0.354 e. The summed E-state index contributed by atoms with van der Waals surface area (Å²) in [7, 11) is 0. The smallest absolute Gasteiger partial charge is 0.151 e. The van der Waals surface area contributed by atoms with Gasteiger partial charge in [0, 0.05) is 25.3 Å². The minimum Gasteiger partial charge on any atom is -0.354 e. The van der Waals surface area contributed by atoms with Gasteiger partial charge in [0.05, 0.1) is 0 Å². The first-order chi connectivity index (χ1) is 8.25. The van der Waals surface area contributed by atoms with Gasteiger partial charge in [-0.3, -0.25) is 0 Å². The van der Waals surface area contributed by atoms with Crippen LogP contribution in [0.2, 0.25) is 0 Å². The van der Waals surface area contributed by atoms with Crippen LogP contribution in [0, 0.1) is 5.92 Å². The van der Waals surface area contributed by atoms with Crippen molar-refractivity contribution in [1.29, 1.82) is 0 Å². The molecule has 0 spiro atoms. The lowest BCUT2D eigenvalue weighted by Crippen LogP contribution is -2.47. The van der Waals surface area contributed by atoms with E-state index in [0.717, 1.165) is 25.5 Å². The zero-order chi connectivity index (χ0) is 12.1. The molecule has 1 unspecified atom stereocenters. The van der Waals surface area contributed by atoms with Gasteiger partial charge in [-0.05, 0) is 37.4 Å². The molecular weight excluding hydrogens is 212 g/mol. The highest BCUT2D eigenvalue weighted by Crippen LogP contribution is 2.16. The fourth-order valence-electron chi connectivity index (χ4n) is 2.22. The summed E-state index contributed by atoms with van der Waals surface area (Å²) < 4.78 is 0. The number of piperidine rings is 1. The average molecular weight is 234 g/mol. The SMILES string of the molecule is CC(C)CNC1CCCN(c2cccnn2)C1. The van der Waals surface area contributed by atoms with E-state index in [1.807, 2.05) is 12.1 Å². The number of hydrogen-bond donors (Lipinski definition) is 1. The highest BCUT2D eigenvalue weighted by Gasteiger charge is 2.20. The van der Waals surface area contributed by atoms with Crippen molar-refractivity contribution in [2.45, 2.75) is 32.7 Å². The molecule has 1 aliphatic heterocycles. The maximum atomic E-state index is 4.18. The molecule has 4 nitrogen and oxygen atoms in total. The Balaban J connectivity index is 1.89. The molecule has 0 aromatic carbocycles. The molecule has 94 valence electrons. The third-order valence-corrected chi connectivity index (χ3v) is 3.12. The Morgan fingerprint density at radius 2 is 2.41 bits per heavy atom. The molecule has 1 aromatic rings. The summed E-state index contributed by atoms with van der Waals surface area (Å²) in [5, 5.41) is 11.8. The molecule has 1 fully saturated rings. The maximum absolute atomic E-state index is 4.18. The van der Waals surface area contributed by atoms with Crippen LogP contribution in [0.15, 0.2) is 18.3 Å². The fourth-order valence-corrected chi connectivity index (χ4v) is 2.22. The van der Waals surface area contributed by atoms with Crippen molar-refractivity contribution in [2.75, 3.05) is 24.5 Å². The van der Waals surface area contributed by atoms with Gasteiger partial charge in [-0.25, -0.2) is 0 Å². The van der Waals surface area contributed by atoms with Crippen molar-refractivity contribution >= 4 is 5.82 Å². The Bertz CT molecular complexity index is 325. The summed E-state index contributed by atoms with van der Waals surface area (Å²) >= 11 is 0. The van der Waals surface area contributed by atoms with Crippen LogP contribution in [0.5, 0.6) is 0 Å². The lowest BCUT2D eigenvalue weighted by molar-refractivity contribution is 0.398. The highest BCUT2D eigenvalue weighted by atomic mass is 15.3. The third kappa shape index (κ3) is 3.66. The fraction of sp³-hybridized carbons (Fsp3) is 0.692. The monoisotopic (exact) mass is 234 g/mol. The number of rotatable bonds is 4.